The van der Waals surface area contributed by atoms with Crippen LogP contribution in [0, 0.1) is 0 Å². The number of nitrogens with one attached hydrogen (secondary N) is 1. The summed E-state index contributed by atoms with van der Waals surface area (Å²) in [7, 11) is 1.66. The Bertz CT molecular complexity index is 585. The Morgan fingerprint density at radius 1 is 1.30 bits per heavy atom. The maximum atomic E-state index is 11.9. The number of aromatic nitrogens is 1. The first-order valence-corrected chi connectivity index (χ1v) is 6.95. The van der Waals surface area contributed by atoms with Crippen LogP contribution >= 0.6 is 15.9 Å². The van der Waals surface area contributed by atoms with Gasteiger partial charge in [-0.15, -0.1) is 0 Å². The monoisotopic (exact) mass is 334 g/mol. The van der Waals surface area contributed by atoms with Crippen molar-refractivity contribution in [2.45, 2.75) is 13.2 Å². The fourth-order valence-corrected chi connectivity index (χ4v) is 2.01. The molecule has 2 aromatic rings. The van der Waals surface area contributed by atoms with E-state index in [0.717, 1.165) is 15.6 Å². The third-order valence-corrected chi connectivity index (χ3v) is 3.18. The second kappa shape index (κ2) is 7.17. The van der Waals surface area contributed by atoms with E-state index in [9.17, 15) is 4.79 Å². The summed E-state index contributed by atoms with van der Waals surface area (Å²) >= 11 is 3.29. The van der Waals surface area contributed by atoms with E-state index in [1.165, 1.54) is 0 Å². The highest BCUT2D eigenvalue weighted by Crippen LogP contribution is 2.08. The van der Waals surface area contributed by atoms with Gasteiger partial charge in [0.2, 0.25) is 0 Å². The van der Waals surface area contributed by atoms with Crippen LogP contribution in [0.1, 0.15) is 21.6 Å². The number of hydrogen-bond acceptors (Lipinski definition) is 3. The molecule has 0 aliphatic rings. The molecule has 0 spiro atoms. The molecule has 0 bridgehead atoms. The van der Waals surface area contributed by atoms with Crippen LogP contribution in [0.4, 0.5) is 0 Å². The van der Waals surface area contributed by atoms with E-state index in [2.05, 4.69) is 26.2 Å². The minimum atomic E-state index is -0.186. The second-order valence-electron chi connectivity index (χ2n) is 4.30. The number of methoxy groups -OCH3 is 1. The summed E-state index contributed by atoms with van der Waals surface area (Å²) in [6, 6.07) is 11.4. The predicted molar refractivity (Wildman–Crippen MR) is 80.3 cm³/mol. The van der Waals surface area contributed by atoms with E-state index in [1.54, 1.807) is 25.4 Å². The number of benzene rings is 1. The smallest absolute Gasteiger partial charge is 0.270 e. The first-order chi connectivity index (χ1) is 9.69. The van der Waals surface area contributed by atoms with E-state index in [-0.39, 0.29) is 5.91 Å². The Hall–Kier alpha value is -1.72. The summed E-state index contributed by atoms with van der Waals surface area (Å²) in [4.78, 5) is 16.0. The number of amides is 1. The largest absolute Gasteiger partial charge is 0.380 e. The van der Waals surface area contributed by atoms with Gasteiger partial charge >= 0.3 is 0 Å². The summed E-state index contributed by atoms with van der Waals surface area (Å²) in [5.74, 6) is -0.186. The van der Waals surface area contributed by atoms with Crippen molar-refractivity contribution >= 4 is 21.8 Å². The van der Waals surface area contributed by atoms with Crippen molar-refractivity contribution in [1.82, 2.24) is 10.3 Å². The van der Waals surface area contributed by atoms with Crippen LogP contribution in [0.5, 0.6) is 0 Å². The molecule has 1 heterocycles. The van der Waals surface area contributed by atoms with Crippen LogP contribution in [-0.2, 0) is 17.9 Å². The number of nitrogens with zero attached hydrogens (tertiary/aromatic N) is 1. The Kier molecular flexibility index (Phi) is 5.26. The Labute approximate surface area is 126 Å². The lowest BCUT2D eigenvalue weighted by atomic mass is 10.1. The van der Waals surface area contributed by atoms with E-state index in [4.69, 9.17) is 4.74 Å². The Morgan fingerprint density at radius 2 is 2.10 bits per heavy atom. The van der Waals surface area contributed by atoms with Crippen molar-refractivity contribution in [2.24, 2.45) is 0 Å². The minimum absolute atomic E-state index is 0.186. The van der Waals surface area contributed by atoms with Gasteiger partial charge in [-0.3, -0.25) is 4.79 Å². The van der Waals surface area contributed by atoms with Gasteiger partial charge in [0.1, 0.15) is 5.69 Å². The van der Waals surface area contributed by atoms with E-state index < -0.39 is 0 Å². The molecule has 0 fully saturated rings. The Morgan fingerprint density at radius 3 is 2.80 bits per heavy atom. The van der Waals surface area contributed by atoms with Crippen LogP contribution in [0.25, 0.3) is 0 Å². The van der Waals surface area contributed by atoms with Crippen molar-refractivity contribution in [1.29, 1.82) is 0 Å². The molecule has 0 aliphatic carbocycles. The average molecular weight is 335 g/mol. The standard InChI is InChI=1S/C15H15BrN2O2/c1-20-10-12-4-2-3-11(7-12)8-18-15(19)14-6-5-13(16)9-17-14/h2-7,9H,8,10H2,1H3,(H,18,19). The van der Waals surface area contributed by atoms with Gasteiger partial charge in [0, 0.05) is 24.3 Å². The normalized spacial score (nSPS) is 10.3. The maximum absolute atomic E-state index is 11.9. The van der Waals surface area contributed by atoms with Crippen molar-refractivity contribution in [3.05, 3.63) is 63.9 Å². The van der Waals surface area contributed by atoms with E-state index in [0.29, 0.717) is 18.8 Å². The highest BCUT2D eigenvalue weighted by Gasteiger charge is 2.06. The predicted octanol–water partition coefficient (Wildman–Crippen LogP) is 2.92. The molecule has 0 saturated carbocycles. The summed E-state index contributed by atoms with van der Waals surface area (Å²) in [6.07, 6.45) is 1.61. The molecule has 0 atom stereocenters. The molecule has 1 N–H and O–H groups in total. The van der Waals surface area contributed by atoms with E-state index >= 15 is 0 Å². The van der Waals surface area contributed by atoms with Crippen molar-refractivity contribution in [3.8, 4) is 0 Å². The molecule has 4 nitrogen and oxygen atoms in total. The Balaban J connectivity index is 1.96. The highest BCUT2D eigenvalue weighted by atomic mass is 79.9. The van der Waals surface area contributed by atoms with Gasteiger partial charge < -0.3 is 10.1 Å². The lowest BCUT2D eigenvalue weighted by molar-refractivity contribution is 0.0946. The van der Waals surface area contributed by atoms with Gasteiger partial charge in [0.05, 0.1) is 6.61 Å². The lowest BCUT2D eigenvalue weighted by Gasteiger charge is -2.07. The summed E-state index contributed by atoms with van der Waals surface area (Å²) in [5, 5.41) is 2.85. The number of hydrogen-bond donors (Lipinski definition) is 1. The molecule has 104 valence electrons. The molecule has 2 rings (SSSR count). The maximum Gasteiger partial charge on any atom is 0.270 e. The highest BCUT2D eigenvalue weighted by molar-refractivity contribution is 9.10. The third-order valence-electron chi connectivity index (χ3n) is 2.72. The van der Waals surface area contributed by atoms with Crippen molar-refractivity contribution < 1.29 is 9.53 Å². The second-order valence-corrected chi connectivity index (χ2v) is 5.21. The molecular weight excluding hydrogens is 320 g/mol. The van der Waals surface area contributed by atoms with Crippen LogP contribution in [-0.4, -0.2) is 18.0 Å². The molecule has 1 amide bonds. The zero-order chi connectivity index (χ0) is 14.4. The van der Waals surface area contributed by atoms with Gasteiger partial charge in [-0.1, -0.05) is 24.3 Å². The fraction of sp³-hybridized carbons (Fsp3) is 0.200. The quantitative estimate of drug-likeness (QED) is 0.914. The summed E-state index contributed by atoms with van der Waals surface area (Å²) < 4.78 is 5.94. The van der Waals surface area contributed by atoms with Gasteiger partial charge in [0.25, 0.3) is 5.91 Å². The topological polar surface area (TPSA) is 51.2 Å². The number of ether oxygens (including phenoxy) is 1. The van der Waals surface area contributed by atoms with Gasteiger partial charge in [-0.25, -0.2) is 4.98 Å². The minimum Gasteiger partial charge on any atom is -0.380 e. The molecule has 20 heavy (non-hydrogen) atoms. The molecule has 0 saturated heterocycles. The van der Waals surface area contributed by atoms with Gasteiger partial charge in [-0.05, 0) is 39.2 Å². The first-order valence-electron chi connectivity index (χ1n) is 6.15. The fourth-order valence-electron chi connectivity index (χ4n) is 1.78. The van der Waals surface area contributed by atoms with Crippen molar-refractivity contribution in [3.63, 3.8) is 0 Å². The molecular formula is C15H15BrN2O2. The van der Waals surface area contributed by atoms with Crippen LogP contribution in [0.3, 0.4) is 0 Å². The summed E-state index contributed by atoms with van der Waals surface area (Å²) in [6.45, 7) is 1.03. The first kappa shape index (κ1) is 14.7. The molecule has 0 unspecified atom stereocenters. The SMILES string of the molecule is COCc1cccc(CNC(=O)c2ccc(Br)cn2)c1. The molecule has 0 radical (unpaired) electrons. The van der Waals surface area contributed by atoms with E-state index in [1.807, 2.05) is 24.3 Å². The third kappa shape index (κ3) is 4.15. The number of pyridine rings is 1. The van der Waals surface area contributed by atoms with Crippen LogP contribution in [0.15, 0.2) is 47.1 Å². The number of rotatable bonds is 5. The zero-order valence-electron chi connectivity index (χ0n) is 11.1. The average Bonchev–Trinajstić information content (AvgIpc) is 2.46. The molecule has 5 heteroatoms. The number of halogens is 1. The van der Waals surface area contributed by atoms with Gasteiger partial charge in [-0.2, -0.15) is 0 Å². The summed E-state index contributed by atoms with van der Waals surface area (Å²) in [5.41, 5.74) is 2.52. The van der Waals surface area contributed by atoms with Crippen molar-refractivity contribution in [2.75, 3.05) is 7.11 Å². The van der Waals surface area contributed by atoms with Gasteiger partial charge in [0.15, 0.2) is 0 Å². The zero-order valence-corrected chi connectivity index (χ0v) is 12.7. The molecule has 1 aromatic carbocycles. The number of carbonyl (C=O) groups excluding carboxylic acids is 1. The number of carbonyl (C=O) groups is 1. The lowest BCUT2D eigenvalue weighted by Crippen LogP contribution is -2.23. The molecule has 1 aromatic heterocycles. The van der Waals surface area contributed by atoms with Crippen LogP contribution < -0.4 is 5.32 Å². The van der Waals surface area contributed by atoms with Crippen LogP contribution in [0.2, 0.25) is 0 Å². The molecule has 0 aliphatic heterocycles.